The first kappa shape index (κ1) is 25.3. The van der Waals surface area contributed by atoms with Crippen LogP contribution < -0.4 is 5.32 Å². The van der Waals surface area contributed by atoms with Gasteiger partial charge in [0.15, 0.2) is 0 Å². The summed E-state index contributed by atoms with van der Waals surface area (Å²) in [7, 11) is 2.14. The van der Waals surface area contributed by atoms with Crippen molar-refractivity contribution in [1.29, 1.82) is 0 Å². The van der Waals surface area contributed by atoms with E-state index in [2.05, 4.69) is 47.7 Å². The van der Waals surface area contributed by atoms with E-state index in [9.17, 15) is 4.79 Å². The number of hydrogen-bond donors (Lipinski definition) is 1. The quantitative estimate of drug-likeness (QED) is 0.511. The zero-order valence-corrected chi connectivity index (χ0v) is 21.9. The molecule has 4 fully saturated rings. The lowest BCUT2D eigenvalue weighted by molar-refractivity contribution is -0.126. The Bertz CT molecular complexity index is 846. The molecule has 3 aliphatic carbocycles. The highest BCUT2D eigenvalue weighted by Gasteiger charge is 2.44. The van der Waals surface area contributed by atoms with Gasteiger partial charge in [-0.25, -0.2) is 0 Å². The molecule has 6 atom stereocenters. The molecule has 1 aromatic heterocycles. The Morgan fingerprint density at radius 2 is 1.62 bits per heavy atom. The van der Waals surface area contributed by atoms with Crippen LogP contribution in [-0.4, -0.2) is 58.0 Å². The fraction of sp³-hybridized carbons (Fsp3) is 0.852. The largest absolute Gasteiger partial charge is 0.353 e. The molecule has 1 aromatic rings. The van der Waals surface area contributed by atoms with E-state index in [0.717, 1.165) is 43.5 Å². The minimum Gasteiger partial charge on any atom is -0.353 e. The lowest BCUT2D eigenvalue weighted by Crippen LogP contribution is -2.44. The van der Waals surface area contributed by atoms with Crippen LogP contribution in [0.2, 0.25) is 0 Å². The first-order chi connectivity index (χ1) is 16.3. The summed E-state index contributed by atoms with van der Waals surface area (Å²) in [6.45, 7) is 10.2. The normalized spacial score (nSPS) is 34.5. The number of carbonyl (C=O) groups excluding carboxylic acids is 2. The molecule has 5 rings (SSSR count). The molecule has 7 nitrogen and oxygen atoms in total. The van der Waals surface area contributed by atoms with Crippen LogP contribution in [0.25, 0.3) is 0 Å². The molecule has 0 spiro atoms. The van der Waals surface area contributed by atoms with Crippen molar-refractivity contribution in [2.24, 2.45) is 23.7 Å². The maximum Gasteiger partial charge on any atom is 0.225 e. The van der Waals surface area contributed by atoms with Gasteiger partial charge in [-0.3, -0.25) is 4.79 Å². The molecule has 4 unspecified atom stereocenters. The monoisotopic (exact) mass is 471 g/mol. The molecule has 0 bridgehead atoms. The number of hydrogen-bond acceptors (Lipinski definition) is 5. The summed E-state index contributed by atoms with van der Waals surface area (Å²) in [5.41, 5.74) is 0. The number of rotatable bonds is 5. The lowest BCUT2D eigenvalue weighted by atomic mass is 9.84. The predicted octanol–water partition coefficient (Wildman–Crippen LogP) is 4.31. The van der Waals surface area contributed by atoms with E-state index in [0.29, 0.717) is 23.9 Å². The van der Waals surface area contributed by atoms with Gasteiger partial charge in [-0.1, -0.05) is 27.2 Å². The maximum atomic E-state index is 13.6. The van der Waals surface area contributed by atoms with Gasteiger partial charge in [0.25, 0.3) is 0 Å². The second kappa shape index (κ2) is 10.9. The van der Waals surface area contributed by atoms with Crippen LogP contribution in [0, 0.1) is 23.7 Å². The number of carbonyl (C=O) groups is 2. The standard InChI is InChI=1S/C25H41N5O.C2H4O/c1-15-8-11-22(17(3)12-16(15)2)26-25(31)21-14-29(4)13-20(21)24-28-27-23(18-6-5-7-18)30(24)19-9-10-19;1-2-3/h15-22H,5-14H2,1-4H3,(H,26,31);2H,1H3/t15-,16?,17?,20?,21-,22?;/m1./s1. The first-order valence-electron chi connectivity index (χ1n) is 13.7. The van der Waals surface area contributed by atoms with Gasteiger partial charge >= 0.3 is 0 Å². The van der Waals surface area contributed by atoms with Gasteiger partial charge < -0.3 is 19.6 Å². The van der Waals surface area contributed by atoms with Crippen molar-refractivity contribution in [2.75, 3.05) is 20.1 Å². The van der Waals surface area contributed by atoms with E-state index < -0.39 is 0 Å². The number of aldehydes is 1. The van der Waals surface area contributed by atoms with Crippen LogP contribution in [0.15, 0.2) is 0 Å². The van der Waals surface area contributed by atoms with Crippen molar-refractivity contribution in [1.82, 2.24) is 25.0 Å². The van der Waals surface area contributed by atoms with E-state index in [1.807, 2.05) is 0 Å². The topological polar surface area (TPSA) is 80.1 Å². The summed E-state index contributed by atoms with van der Waals surface area (Å²) in [4.78, 5) is 24.7. The van der Waals surface area contributed by atoms with E-state index in [1.54, 1.807) is 0 Å². The second-order valence-electron chi connectivity index (χ2n) is 11.7. The predicted molar refractivity (Wildman–Crippen MR) is 134 cm³/mol. The first-order valence-corrected chi connectivity index (χ1v) is 13.7. The van der Waals surface area contributed by atoms with Gasteiger partial charge in [-0.2, -0.15) is 0 Å². The molecular formula is C27H45N5O2. The number of nitrogens with one attached hydrogen (secondary N) is 1. The Morgan fingerprint density at radius 1 is 0.941 bits per heavy atom. The van der Waals surface area contributed by atoms with Gasteiger partial charge in [0.1, 0.15) is 17.9 Å². The summed E-state index contributed by atoms with van der Waals surface area (Å²) in [5.74, 6) is 5.29. The molecule has 3 saturated carbocycles. The number of aromatic nitrogens is 3. The van der Waals surface area contributed by atoms with E-state index in [1.165, 1.54) is 57.7 Å². The van der Waals surface area contributed by atoms with Crippen LogP contribution in [0.1, 0.15) is 109 Å². The highest BCUT2D eigenvalue weighted by Crippen LogP contribution is 2.45. The second-order valence-corrected chi connectivity index (χ2v) is 11.7. The third-order valence-electron chi connectivity index (χ3n) is 8.96. The van der Waals surface area contributed by atoms with Gasteiger partial charge in [-0.15, -0.1) is 10.2 Å². The van der Waals surface area contributed by atoms with E-state index >= 15 is 0 Å². The lowest BCUT2D eigenvalue weighted by Gasteiger charge is -2.28. The van der Waals surface area contributed by atoms with Crippen LogP contribution in [0.3, 0.4) is 0 Å². The molecule has 34 heavy (non-hydrogen) atoms. The molecule has 1 saturated heterocycles. The summed E-state index contributed by atoms with van der Waals surface area (Å²) >= 11 is 0. The molecule has 190 valence electrons. The SMILES string of the molecule is CC1CC(C)[C@H](C)CCC1NC(=O)[C@@H]1CN(C)CC1c1nnc(C2CCC2)n1C1CC1.CC=O. The van der Waals surface area contributed by atoms with Crippen LogP contribution >= 0.6 is 0 Å². The smallest absolute Gasteiger partial charge is 0.225 e. The fourth-order valence-electron chi connectivity index (χ4n) is 6.25. The van der Waals surface area contributed by atoms with Crippen molar-refractivity contribution in [3.63, 3.8) is 0 Å². The van der Waals surface area contributed by atoms with Crippen molar-refractivity contribution >= 4 is 12.2 Å². The van der Waals surface area contributed by atoms with Crippen LogP contribution in [0.4, 0.5) is 0 Å². The molecular weight excluding hydrogens is 426 g/mol. The Balaban J connectivity index is 0.000000868. The third-order valence-corrected chi connectivity index (χ3v) is 8.96. The summed E-state index contributed by atoms with van der Waals surface area (Å²) in [6, 6.07) is 0.873. The Labute approximate surface area is 205 Å². The molecule has 4 aliphatic rings. The minimum absolute atomic E-state index is 0.0220. The van der Waals surface area contributed by atoms with Gasteiger partial charge in [-0.05, 0) is 76.7 Å². The van der Waals surface area contributed by atoms with Gasteiger partial charge in [0.05, 0.1) is 5.92 Å². The number of nitrogens with zero attached hydrogens (tertiary/aromatic N) is 4. The molecule has 0 aromatic carbocycles. The molecule has 1 amide bonds. The molecule has 0 radical (unpaired) electrons. The van der Waals surface area contributed by atoms with Crippen LogP contribution in [-0.2, 0) is 9.59 Å². The Hall–Kier alpha value is -1.76. The molecule has 1 N–H and O–H groups in total. The number of amides is 1. The summed E-state index contributed by atoms with van der Waals surface area (Å²) in [6.07, 6.45) is 10.6. The van der Waals surface area contributed by atoms with Crippen LogP contribution in [0.5, 0.6) is 0 Å². The molecule has 2 heterocycles. The van der Waals surface area contributed by atoms with Gasteiger partial charge in [0, 0.05) is 37.0 Å². The van der Waals surface area contributed by atoms with Crippen molar-refractivity contribution in [2.45, 2.75) is 103 Å². The number of likely N-dealkylation sites (tertiary alicyclic amines) is 1. The number of likely N-dealkylation sites (N-methyl/N-ethyl adjacent to an activating group) is 1. The Morgan fingerprint density at radius 3 is 2.24 bits per heavy atom. The summed E-state index contributed by atoms with van der Waals surface area (Å²) in [5, 5.41) is 12.9. The Kier molecular flexibility index (Phi) is 8.11. The minimum atomic E-state index is -0.0220. The average molecular weight is 472 g/mol. The maximum absolute atomic E-state index is 13.6. The molecule has 7 heteroatoms. The highest BCUT2D eigenvalue weighted by molar-refractivity contribution is 5.80. The van der Waals surface area contributed by atoms with Crippen molar-refractivity contribution in [3.8, 4) is 0 Å². The van der Waals surface area contributed by atoms with Gasteiger partial charge in [0.2, 0.25) is 5.91 Å². The van der Waals surface area contributed by atoms with E-state index in [4.69, 9.17) is 9.89 Å². The highest BCUT2D eigenvalue weighted by atomic mass is 16.2. The average Bonchev–Trinajstić information content (AvgIpc) is 3.41. The molecule has 1 aliphatic heterocycles. The zero-order chi connectivity index (χ0) is 24.4. The van der Waals surface area contributed by atoms with Crippen molar-refractivity contribution in [3.05, 3.63) is 11.6 Å². The summed E-state index contributed by atoms with van der Waals surface area (Å²) < 4.78 is 2.46. The van der Waals surface area contributed by atoms with Crippen molar-refractivity contribution < 1.29 is 9.59 Å². The third kappa shape index (κ3) is 5.39. The zero-order valence-electron chi connectivity index (χ0n) is 21.9. The van der Waals surface area contributed by atoms with E-state index in [-0.39, 0.29) is 17.7 Å². The fourth-order valence-corrected chi connectivity index (χ4v) is 6.25.